The number of benzene rings is 2. The molecule has 1 aliphatic carbocycles. The van der Waals surface area contributed by atoms with Crippen LogP contribution < -0.4 is 9.64 Å². The van der Waals surface area contributed by atoms with Gasteiger partial charge in [-0.25, -0.2) is 9.97 Å². The van der Waals surface area contributed by atoms with Gasteiger partial charge in [-0.05, 0) is 49.9 Å². The number of fused-ring (bicyclic) bond motifs is 3. The van der Waals surface area contributed by atoms with Crippen LogP contribution in [-0.4, -0.2) is 55.8 Å². The van der Waals surface area contributed by atoms with Gasteiger partial charge in [0.05, 0.1) is 11.2 Å². The van der Waals surface area contributed by atoms with E-state index in [0.717, 1.165) is 66.3 Å². The molecule has 1 unspecified atom stereocenters. The first-order chi connectivity index (χ1) is 16.6. The fourth-order valence-electron chi connectivity index (χ4n) is 5.49. The van der Waals surface area contributed by atoms with Crippen LogP contribution >= 0.6 is 0 Å². The zero-order valence-corrected chi connectivity index (χ0v) is 19.3. The third-order valence-corrected chi connectivity index (χ3v) is 7.62. The van der Waals surface area contributed by atoms with E-state index in [0.29, 0.717) is 12.1 Å². The smallest absolute Gasteiger partial charge is 0.132 e. The molecule has 3 aliphatic rings. The molecule has 7 rings (SSSR count). The average Bonchev–Trinajstić information content (AvgIpc) is 3.21. The zero-order chi connectivity index (χ0) is 22.7. The molecule has 1 N–H and O–H groups in total. The largest absolute Gasteiger partial charge is 0.488 e. The van der Waals surface area contributed by atoms with Crippen molar-refractivity contribution in [3.8, 4) is 17.1 Å². The van der Waals surface area contributed by atoms with Crippen molar-refractivity contribution in [3.63, 3.8) is 0 Å². The highest BCUT2D eigenvalue weighted by atomic mass is 16.5. The Labute approximate surface area is 198 Å². The maximum atomic E-state index is 6.18. The summed E-state index contributed by atoms with van der Waals surface area (Å²) in [6.07, 6.45) is 5.08. The number of nitrogens with one attached hydrogen (secondary N) is 1. The van der Waals surface area contributed by atoms with Gasteiger partial charge in [-0.3, -0.25) is 10.00 Å². The molecule has 2 aliphatic heterocycles. The molecule has 4 aromatic rings. The van der Waals surface area contributed by atoms with Gasteiger partial charge in [0.1, 0.15) is 29.2 Å². The molecule has 1 saturated carbocycles. The second-order valence-electron chi connectivity index (χ2n) is 10.2. The van der Waals surface area contributed by atoms with E-state index in [-0.39, 0.29) is 5.60 Å². The van der Waals surface area contributed by atoms with E-state index in [1.165, 1.54) is 12.0 Å². The lowest BCUT2D eigenvalue weighted by Crippen LogP contribution is -2.46. The quantitative estimate of drug-likeness (QED) is 0.467. The van der Waals surface area contributed by atoms with Gasteiger partial charge in [-0.1, -0.05) is 30.3 Å². The zero-order valence-electron chi connectivity index (χ0n) is 19.3. The maximum absolute atomic E-state index is 6.18. The fourth-order valence-corrected chi connectivity index (χ4v) is 5.49. The van der Waals surface area contributed by atoms with Gasteiger partial charge in [0.25, 0.3) is 0 Å². The Kier molecular flexibility index (Phi) is 4.42. The standard InChI is InChI=1S/C27H28N6O/c1-27(9-10-27)34-21-7-8-23-22(12-21)26(31-30-23)24-13-25(29-17-28-24)33-16-19-11-20(33)15-32(19)14-18-5-3-2-4-6-18/h2-8,12-13,17,19-20H,9-11,14-16H2,1H3,(H,30,31)/t19-,20?/m0/s1. The maximum Gasteiger partial charge on any atom is 0.132 e. The van der Waals surface area contributed by atoms with Gasteiger partial charge in [-0.2, -0.15) is 5.10 Å². The molecule has 2 atom stereocenters. The van der Waals surface area contributed by atoms with Gasteiger partial charge in [0, 0.05) is 43.2 Å². The van der Waals surface area contributed by atoms with Gasteiger partial charge in [0.15, 0.2) is 0 Å². The van der Waals surface area contributed by atoms with E-state index in [2.05, 4.69) is 79.4 Å². The number of piperazine rings is 1. The number of H-pyrrole nitrogens is 1. The number of nitrogens with zero attached hydrogens (tertiary/aromatic N) is 5. The Morgan fingerprint density at radius 3 is 2.71 bits per heavy atom. The first-order valence-corrected chi connectivity index (χ1v) is 12.2. The minimum Gasteiger partial charge on any atom is -0.488 e. The van der Waals surface area contributed by atoms with Crippen molar-refractivity contribution in [3.05, 3.63) is 66.5 Å². The monoisotopic (exact) mass is 452 g/mol. The second-order valence-corrected chi connectivity index (χ2v) is 10.2. The third kappa shape index (κ3) is 3.51. The molecule has 172 valence electrons. The van der Waals surface area contributed by atoms with E-state index in [1.54, 1.807) is 6.33 Å². The van der Waals surface area contributed by atoms with Gasteiger partial charge >= 0.3 is 0 Å². The van der Waals surface area contributed by atoms with E-state index in [9.17, 15) is 0 Å². The molecule has 2 aromatic carbocycles. The highest BCUT2D eigenvalue weighted by Gasteiger charge is 2.43. The number of ether oxygens (including phenoxy) is 1. The highest BCUT2D eigenvalue weighted by Crippen LogP contribution is 2.41. The molecule has 3 fully saturated rings. The van der Waals surface area contributed by atoms with Crippen LogP contribution in [0.4, 0.5) is 5.82 Å². The normalized spacial score (nSPS) is 23.0. The predicted octanol–water partition coefficient (Wildman–Crippen LogP) is 4.41. The number of hydrogen-bond acceptors (Lipinski definition) is 6. The number of aromatic nitrogens is 4. The molecule has 4 heterocycles. The SMILES string of the molecule is CC1(Oc2ccc3[nH]nc(-c4cc(N5C[C@@H]6CC5CN6Cc5ccccc5)ncn4)c3c2)CC1. The van der Waals surface area contributed by atoms with E-state index in [1.807, 2.05) is 12.1 Å². The molecule has 0 amide bonds. The van der Waals surface area contributed by atoms with Crippen LogP contribution in [0.2, 0.25) is 0 Å². The molecular weight excluding hydrogens is 424 g/mol. The minimum absolute atomic E-state index is 0.0108. The summed E-state index contributed by atoms with van der Waals surface area (Å²) in [6.45, 7) is 5.26. The summed E-state index contributed by atoms with van der Waals surface area (Å²) in [5.41, 5.74) is 4.05. The summed E-state index contributed by atoms with van der Waals surface area (Å²) in [5, 5.41) is 8.78. The van der Waals surface area contributed by atoms with Crippen molar-refractivity contribution < 1.29 is 4.74 Å². The van der Waals surface area contributed by atoms with E-state index < -0.39 is 0 Å². The van der Waals surface area contributed by atoms with Crippen LogP contribution in [0.15, 0.2) is 60.9 Å². The molecule has 7 nitrogen and oxygen atoms in total. The molecular formula is C27H28N6O. The Morgan fingerprint density at radius 1 is 1.03 bits per heavy atom. The molecule has 2 saturated heterocycles. The lowest BCUT2D eigenvalue weighted by Gasteiger charge is -2.35. The van der Waals surface area contributed by atoms with Crippen LogP contribution in [0.25, 0.3) is 22.3 Å². The lowest BCUT2D eigenvalue weighted by atomic mass is 10.1. The predicted molar refractivity (Wildman–Crippen MR) is 132 cm³/mol. The van der Waals surface area contributed by atoms with Crippen molar-refractivity contribution in [2.75, 3.05) is 18.0 Å². The van der Waals surface area contributed by atoms with Crippen molar-refractivity contribution in [2.45, 2.75) is 50.4 Å². The molecule has 34 heavy (non-hydrogen) atoms. The Hall–Kier alpha value is -3.45. The van der Waals surface area contributed by atoms with Crippen LogP contribution in [0.1, 0.15) is 31.7 Å². The topological polar surface area (TPSA) is 70.2 Å². The number of aromatic amines is 1. The van der Waals surface area contributed by atoms with Crippen molar-refractivity contribution in [1.82, 2.24) is 25.1 Å². The molecule has 2 bridgehead atoms. The molecule has 0 spiro atoms. The first-order valence-electron chi connectivity index (χ1n) is 12.2. The molecule has 0 radical (unpaired) electrons. The van der Waals surface area contributed by atoms with Crippen molar-refractivity contribution >= 4 is 16.7 Å². The average molecular weight is 453 g/mol. The van der Waals surface area contributed by atoms with Crippen LogP contribution in [-0.2, 0) is 6.54 Å². The van der Waals surface area contributed by atoms with E-state index in [4.69, 9.17) is 4.74 Å². The molecule has 7 heteroatoms. The van der Waals surface area contributed by atoms with Crippen LogP contribution in [0, 0.1) is 0 Å². The number of rotatable bonds is 6. The summed E-state index contributed by atoms with van der Waals surface area (Å²) < 4.78 is 6.18. The van der Waals surface area contributed by atoms with E-state index >= 15 is 0 Å². The Bertz CT molecular complexity index is 1350. The van der Waals surface area contributed by atoms with Crippen molar-refractivity contribution in [2.24, 2.45) is 0 Å². The van der Waals surface area contributed by atoms with Gasteiger partial charge < -0.3 is 9.64 Å². The van der Waals surface area contributed by atoms with Crippen molar-refractivity contribution in [1.29, 1.82) is 0 Å². The lowest BCUT2D eigenvalue weighted by molar-refractivity contribution is 0.200. The number of hydrogen-bond donors (Lipinski definition) is 1. The van der Waals surface area contributed by atoms with Crippen LogP contribution in [0.5, 0.6) is 5.75 Å². The summed E-state index contributed by atoms with van der Waals surface area (Å²) in [4.78, 5) is 14.3. The Balaban J connectivity index is 1.12. The summed E-state index contributed by atoms with van der Waals surface area (Å²) in [6, 6.07) is 20.1. The van der Waals surface area contributed by atoms with Gasteiger partial charge in [-0.15, -0.1) is 0 Å². The minimum atomic E-state index is -0.0108. The number of anilines is 1. The summed E-state index contributed by atoms with van der Waals surface area (Å²) in [7, 11) is 0. The number of likely N-dealkylation sites (tertiary alicyclic amines) is 1. The van der Waals surface area contributed by atoms with Gasteiger partial charge in [0.2, 0.25) is 0 Å². The summed E-state index contributed by atoms with van der Waals surface area (Å²) >= 11 is 0. The Morgan fingerprint density at radius 2 is 1.91 bits per heavy atom. The highest BCUT2D eigenvalue weighted by molar-refractivity contribution is 5.93. The first kappa shape index (κ1) is 20.0. The fraction of sp³-hybridized carbons (Fsp3) is 0.370. The second kappa shape index (κ2) is 7.53. The summed E-state index contributed by atoms with van der Waals surface area (Å²) in [5.74, 6) is 1.88. The third-order valence-electron chi connectivity index (χ3n) is 7.62. The van der Waals surface area contributed by atoms with Crippen LogP contribution in [0.3, 0.4) is 0 Å². The molecule has 2 aromatic heterocycles.